The topological polar surface area (TPSA) is 72.2 Å². The lowest BCUT2D eigenvalue weighted by atomic mass is 10.5. The molecule has 0 heterocycles. The van der Waals surface area contributed by atoms with E-state index in [2.05, 4.69) is 4.72 Å². The highest BCUT2D eigenvalue weighted by molar-refractivity contribution is 7.89. The second-order valence-corrected chi connectivity index (χ2v) is 3.71. The Bertz CT molecular complexity index is 157. The van der Waals surface area contributed by atoms with E-state index in [9.17, 15) is 8.42 Å². The van der Waals surface area contributed by atoms with Gasteiger partial charge in [-0.25, -0.2) is 13.1 Å². The quantitative estimate of drug-likeness (QED) is 0.614. The van der Waals surface area contributed by atoms with Gasteiger partial charge in [-0.15, -0.1) is 12.4 Å². The van der Waals surface area contributed by atoms with Crippen LogP contribution >= 0.6 is 12.4 Å². The van der Waals surface area contributed by atoms with E-state index in [-0.39, 0.29) is 18.2 Å². The second kappa shape index (κ2) is 5.91. The Morgan fingerprint density at radius 3 is 2.30 bits per heavy atom. The first kappa shape index (κ1) is 12.8. The molecule has 0 unspecified atom stereocenters. The number of halogens is 1. The van der Waals surface area contributed by atoms with Crippen LogP contribution in [0.1, 0.15) is 6.42 Å². The maximum absolute atomic E-state index is 10.6. The number of nitrogens with one attached hydrogen (secondary N) is 1. The third-order valence-corrected chi connectivity index (χ3v) is 2.38. The van der Waals surface area contributed by atoms with Crippen LogP contribution in [0.2, 0.25) is 0 Å². The highest BCUT2D eigenvalue weighted by atomic mass is 35.5. The maximum atomic E-state index is 10.6. The molecule has 3 N–H and O–H groups in total. The Balaban J connectivity index is 0. The maximum Gasteiger partial charge on any atom is 0.211 e. The molecule has 0 rings (SSSR count). The van der Waals surface area contributed by atoms with Crippen LogP contribution in [-0.4, -0.2) is 27.8 Å². The van der Waals surface area contributed by atoms with Crippen molar-refractivity contribution in [2.24, 2.45) is 5.73 Å². The van der Waals surface area contributed by atoms with E-state index in [1.807, 2.05) is 0 Å². The first-order valence-corrected chi connectivity index (χ1v) is 4.39. The number of nitrogens with two attached hydrogens (primary N) is 1. The van der Waals surface area contributed by atoms with Crippen LogP contribution in [-0.2, 0) is 10.0 Å². The van der Waals surface area contributed by atoms with Crippen LogP contribution in [0.3, 0.4) is 0 Å². The number of sulfonamides is 1. The summed E-state index contributed by atoms with van der Waals surface area (Å²) in [6.07, 6.45) is 0.517. The van der Waals surface area contributed by atoms with Gasteiger partial charge in [0.1, 0.15) is 0 Å². The first-order valence-electron chi connectivity index (χ1n) is 2.73. The Labute approximate surface area is 67.6 Å². The molecule has 0 aromatic carbocycles. The van der Waals surface area contributed by atoms with Crippen molar-refractivity contribution in [2.75, 3.05) is 19.3 Å². The summed E-state index contributed by atoms with van der Waals surface area (Å²) >= 11 is 0. The Morgan fingerprint density at radius 2 is 2.00 bits per heavy atom. The van der Waals surface area contributed by atoms with Gasteiger partial charge in [-0.05, 0) is 20.0 Å². The number of hydrogen-bond acceptors (Lipinski definition) is 3. The van der Waals surface area contributed by atoms with Gasteiger partial charge in [-0.2, -0.15) is 0 Å². The molecule has 0 spiro atoms. The Hall–Kier alpha value is 0.160. The van der Waals surface area contributed by atoms with Crippen molar-refractivity contribution < 1.29 is 8.42 Å². The minimum absolute atomic E-state index is 0. The minimum atomic E-state index is -3.01. The van der Waals surface area contributed by atoms with Gasteiger partial charge >= 0.3 is 0 Å². The van der Waals surface area contributed by atoms with Crippen molar-refractivity contribution in [1.82, 2.24) is 4.72 Å². The molecular weight excluding hydrogens is 176 g/mol. The zero-order chi connectivity index (χ0) is 7.33. The van der Waals surface area contributed by atoms with E-state index in [1.54, 1.807) is 0 Å². The summed E-state index contributed by atoms with van der Waals surface area (Å²) < 4.78 is 23.4. The normalized spacial score (nSPS) is 10.6. The predicted octanol–water partition coefficient (Wildman–Crippen LogP) is -0.694. The molecule has 6 heteroatoms. The average Bonchev–Trinajstić information content (AvgIpc) is 1.84. The molecule has 0 atom stereocenters. The molecule has 0 amide bonds. The monoisotopic (exact) mass is 188 g/mol. The van der Waals surface area contributed by atoms with Gasteiger partial charge in [0.15, 0.2) is 0 Å². The molecule has 10 heavy (non-hydrogen) atoms. The third kappa shape index (κ3) is 6.28. The fourth-order valence-corrected chi connectivity index (χ4v) is 1.13. The molecule has 0 aliphatic heterocycles. The van der Waals surface area contributed by atoms with E-state index in [0.29, 0.717) is 13.0 Å². The van der Waals surface area contributed by atoms with Crippen molar-refractivity contribution in [2.45, 2.75) is 6.42 Å². The summed E-state index contributed by atoms with van der Waals surface area (Å²) in [6, 6.07) is 0. The van der Waals surface area contributed by atoms with Gasteiger partial charge in [-0.3, -0.25) is 0 Å². The molecule has 0 bridgehead atoms. The van der Waals surface area contributed by atoms with Gasteiger partial charge in [0.25, 0.3) is 0 Å². The smallest absolute Gasteiger partial charge is 0.211 e. The van der Waals surface area contributed by atoms with Crippen LogP contribution in [0.4, 0.5) is 0 Å². The molecule has 0 saturated carbocycles. The fraction of sp³-hybridized carbons (Fsp3) is 1.00. The number of rotatable bonds is 4. The van der Waals surface area contributed by atoms with Gasteiger partial charge in [0, 0.05) is 0 Å². The first-order chi connectivity index (χ1) is 4.12. The zero-order valence-corrected chi connectivity index (χ0v) is 7.46. The summed E-state index contributed by atoms with van der Waals surface area (Å²) in [6.45, 7) is 0.418. The third-order valence-electron chi connectivity index (χ3n) is 0.928. The van der Waals surface area contributed by atoms with Crippen LogP contribution in [0.5, 0.6) is 0 Å². The Kier molecular flexibility index (Phi) is 7.56. The Morgan fingerprint density at radius 1 is 1.50 bits per heavy atom. The lowest BCUT2D eigenvalue weighted by molar-refractivity contribution is 0.586. The molecule has 0 aromatic heterocycles. The molecule has 4 nitrogen and oxygen atoms in total. The van der Waals surface area contributed by atoms with E-state index >= 15 is 0 Å². The van der Waals surface area contributed by atoms with E-state index < -0.39 is 10.0 Å². The lowest BCUT2D eigenvalue weighted by Gasteiger charge is -1.97. The summed E-state index contributed by atoms with van der Waals surface area (Å²) in [4.78, 5) is 0. The zero-order valence-electron chi connectivity index (χ0n) is 5.83. The van der Waals surface area contributed by atoms with Crippen molar-refractivity contribution >= 4 is 22.4 Å². The highest BCUT2D eigenvalue weighted by Crippen LogP contribution is 1.84. The second-order valence-electron chi connectivity index (χ2n) is 1.67. The summed E-state index contributed by atoms with van der Waals surface area (Å²) in [7, 11) is -1.62. The van der Waals surface area contributed by atoms with Gasteiger partial charge < -0.3 is 5.73 Å². The van der Waals surface area contributed by atoms with Crippen LogP contribution in [0.15, 0.2) is 0 Å². The molecule has 64 valence electrons. The predicted molar refractivity (Wildman–Crippen MR) is 43.8 cm³/mol. The summed E-state index contributed by atoms with van der Waals surface area (Å²) in [5.74, 6) is 0.125. The molecule has 0 fully saturated rings. The van der Waals surface area contributed by atoms with Gasteiger partial charge in [0.05, 0.1) is 5.75 Å². The molecule has 0 saturated heterocycles. The molecule has 0 aromatic rings. The summed E-state index contributed by atoms with van der Waals surface area (Å²) in [5, 5.41) is 0. The fourth-order valence-electron chi connectivity index (χ4n) is 0.375. The van der Waals surface area contributed by atoms with Gasteiger partial charge in [-0.1, -0.05) is 0 Å². The molecular formula is C4H13ClN2O2S. The van der Waals surface area contributed by atoms with Gasteiger partial charge in [0.2, 0.25) is 10.0 Å². The standard InChI is InChI=1S/C4H12N2O2S.ClH/c1-6-9(7,8)4-2-3-5;/h6H,2-5H2,1H3;1H. The molecule has 0 aliphatic carbocycles. The minimum Gasteiger partial charge on any atom is -0.330 e. The van der Waals surface area contributed by atoms with Crippen molar-refractivity contribution in [3.63, 3.8) is 0 Å². The molecule has 0 radical (unpaired) electrons. The van der Waals surface area contributed by atoms with Crippen molar-refractivity contribution in [1.29, 1.82) is 0 Å². The average molecular weight is 189 g/mol. The summed E-state index contributed by atoms with van der Waals surface area (Å²) in [5.41, 5.74) is 5.10. The SMILES string of the molecule is CNS(=O)(=O)CCCN.Cl. The van der Waals surface area contributed by atoms with E-state index in [1.165, 1.54) is 7.05 Å². The van der Waals surface area contributed by atoms with Crippen LogP contribution < -0.4 is 10.5 Å². The van der Waals surface area contributed by atoms with Crippen LogP contribution in [0.25, 0.3) is 0 Å². The highest BCUT2D eigenvalue weighted by Gasteiger charge is 2.03. The van der Waals surface area contributed by atoms with Crippen molar-refractivity contribution in [3.05, 3.63) is 0 Å². The van der Waals surface area contributed by atoms with Crippen LogP contribution in [0, 0.1) is 0 Å². The number of hydrogen-bond donors (Lipinski definition) is 2. The largest absolute Gasteiger partial charge is 0.330 e. The molecule has 0 aliphatic rings. The van der Waals surface area contributed by atoms with E-state index in [0.717, 1.165) is 0 Å². The van der Waals surface area contributed by atoms with Crippen molar-refractivity contribution in [3.8, 4) is 0 Å². The lowest BCUT2D eigenvalue weighted by Crippen LogP contribution is -2.23. The van der Waals surface area contributed by atoms with E-state index in [4.69, 9.17) is 5.73 Å².